The van der Waals surface area contributed by atoms with Crippen LogP contribution in [0.1, 0.15) is 65.8 Å². The SMILES string of the molecule is Cc1cccc(CNc2nc(C)cc(C(=O)NC3CCCCCC3)n2)c1. The summed E-state index contributed by atoms with van der Waals surface area (Å²) in [6.07, 6.45) is 7.05. The predicted octanol–water partition coefficient (Wildman–Crippen LogP) is 4.16. The molecule has 5 heteroatoms. The lowest BCUT2D eigenvalue weighted by Crippen LogP contribution is -2.35. The van der Waals surface area contributed by atoms with Crippen LogP contribution in [0, 0.1) is 13.8 Å². The van der Waals surface area contributed by atoms with E-state index in [0.717, 1.165) is 18.5 Å². The number of hydrogen-bond donors (Lipinski definition) is 2. The Bertz CT molecular complexity index is 751. The van der Waals surface area contributed by atoms with Gasteiger partial charge in [-0.15, -0.1) is 0 Å². The van der Waals surface area contributed by atoms with Gasteiger partial charge in [0.1, 0.15) is 5.69 Å². The summed E-state index contributed by atoms with van der Waals surface area (Å²) in [6.45, 7) is 4.60. The van der Waals surface area contributed by atoms with E-state index in [1.165, 1.54) is 36.8 Å². The third-order valence-corrected chi connectivity index (χ3v) is 4.81. The van der Waals surface area contributed by atoms with Gasteiger partial charge in [-0.05, 0) is 38.3 Å². The van der Waals surface area contributed by atoms with E-state index in [9.17, 15) is 4.79 Å². The first-order chi connectivity index (χ1) is 12.6. The molecule has 1 fully saturated rings. The van der Waals surface area contributed by atoms with Crippen LogP contribution in [0.25, 0.3) is 0 Å². The summed E-state index contributed by atoms with van der Waals surface area (Å²) >= 11 is 0. The van der Waals surface area contributed by atoms with Gasteiger partial charge >= 0.3 is 0 Å². The largest absolute Gasteiger partial charge is 0.350 e. The Morgan fingerprint density at radius 3 is 2.58 bits per heavy atom. The van der Waals surface area contributed by atoms with Crippen LogP contribution < -0.4 is 10.6 Å². The molecular weight excluding hydrogens is 324 g/mol. The zero-order valence-corrected chi connectivity index (χ0v) is 15.7. The van der Waals surface area contributed by atoms with Gasteiger partial charge in [0.05, 0.1) is 0 Å². The molecule has 3 rings (SSSR count). The molecular formula is C21H28N4O. The van der Waals surface area contributed by atoms with E-state index < -0.39 is 0 Å². The van der Waals surface area contributed by atoms with Crippen molar-refractivity contribution in [2.45, 2.75) is 65.0 Å². The quantitative estimate of drug-likeness (QED) is 0.793. The molecule has 2 aromatic rings. The number of rotatable bonds is 5. The lowest BCUT2D eigenvalue weighted by molar-refractivity contribution is 0.0928. The fourth-order valence-electron chi connectivity index (χ4n) is 3.45. The third kappa shape index (κ3) is 5.28. The molecule has 1 aliphatic carbocycles. The fraction of sp³-hybridized carbons (Fsp3) is 0.476. The van der Waals surface area contributed by atoms with Crippen LogP contribution in [0.5, 0.6) is 0 Å². The first-order valence-corrected chi connectivity index (χ1v) is 9.56. The second-order valence-electron chi connectivity index (χ2n) is 7.22. The summed E-state index contributed by atoms with van der Waals surface area (Å²) in [4.78, 5) is 21.5. The van der Waals surface area contributed by atoms with Gasteiger partial charge < -0.3 is 10.6 Å². The molecule has 138 valence electrons. The van der Waals surface area contributed by atoms with Crippen LogP contribution in [0.2, 0.25) is 0 Å². The highest BCUT2D eigenvalue weighted by molar-refractivity contribution is 5.92. The van der Waals surface area contributed by atoms with Gasteiger partial charge in [0.2, 0.25) is 5.95 Å². The van der Waals surface area contributed by atoms with Crippen LogP contribution in [-0.4, -0.2) is 21.9 Å². The van der Waals surface area contributed by atoms with E-state index in [1.807, 2.05) is 13.0 Å². The number of nitrogens with one attached hydrogen (secondary N) is 2. The Labute approximate surface area is 155 Å². The van der Waals surface area contributed by atoms with Crippen molar-refractivity contribution in [1.29, 1.82) is 0 Å². The average Bonchev–Trinajstić information content (AvgIpc) is 2.88. The molecule has 0 spiro atoms. The molecule has 1 aliphatic rings. The zero-order valence-electron chi connectivity index (χ0n) is 15.7. The summed E-state index contributed by atoms with van der Waals surface area (Å²) in [7, 11) is 0. The third-order valence-electron chi connectivity index (χ3n) is 4.81. The van der Waals surface area contributed by atoms with Crippen molar-refractivity contribution >= 4 is 11.9 Å². The van der Waals surface area contributed by atoms with E-state index in [2.05, 4.69) is 45.7 Å². The van der Waals surface area contributed by atoms with Crippen molar-refractivity contribution in [2.75, 3.05) is 5.32 Å². The topological polar surface area (TPSA) is 66.9 Å². The number of amides is 1. The maximum atomic E-state index is 12.6. The average molecular weight is 352 g/mol. The number of aromatic nitrogens is 2. The molecule has 0 radical (unpaired) electrons. The Morgan fingerprint density at radius 2 is 1.85 bits per heavy atom. The Morgan fingerprint density at radius 1 is 1.08 bits per heavy atom. The maximum Gasteiger partial charge on any atom is 0.270 e. The lowest BCUT2D eigenvalue weighted by atomic mass is 10.1. The van der Waals surface area contributed by atoms with Crippen molar-refractivity contribution < 1.29 is 4.79 Å². The molecule has 5 nitrogen and oxygen atoms in total. The van der Waals surface area contributed by atoms with Crippen molar-refractivity contribution in [3.05, 3.63) is 52.8 Å². The van der Waals surface area contributed by atoms with E-state index in [1.54, 1.807) is 6.07 Å². The number of nitrogens with zero attached hydrogens (tertiary/aromatic N) is 2. The molecule has 1 heterocycles. The van der Waals surface area contributed by atoms with Crippen molar-refractivity contribution in [3.8, 4) is 0 Å². The minimum atomic E-state index is -0.0963. The molecule has 2 N–H and O–H groups in total. The van der Waals surface area contributed by atoms with E-state index >= 15 is 0 Å². The highest BCUT2D eigenvalue weighted by Gasteiger charge is 2.17. The minimum Gasteiger partial charge on any atom is -0.350 e. The first-order valence-electron chi connectivity index (χ1n) is 9.56. The van der Waals surface area contributed by atoms with Crippen LogP contribution in [0.4, 0.5) is 5.95 Å². The lowest BCUT2D eigenvalue weighted by Gasteiger charge is -2.16. The van der Waals surface area contributed by atoms with Gasteiger partial charge in [0.15, 0.2) is 0 Å². The molecule has 0 bridgehead atoms. The van der Waals surface area contributed by atoms with E-state index in [0.29, 0.717) is 18.2 Å². The summed E-state index contributed by atoms with van der Waals surface area (Å²) in [5.41, 5.74) is 3.61. The monoisotopic (exact) mass is 352 g/mol. The minimum absolute atomic E-state index is 0.0963. The van der Waals surface area contributed by atoms with Crippen LogP contribution in [0.15, 0.2) is 30.3 Å². The number of carbonyl (C=O) groups is 1. The highest BCUT2D eigenvalue weighted by Crippen LogP contribution is 2.18. The molecule has 0 aliphatic heterocycles. The molecule has 1 aromatic carbocycles. The van der Waals surface area contributed by atoms with Gasteiger partial charge in [-0.3, -0.25) is 4.79 Å². The number of benzene rings is 1. The van der Waals surface area contributed by atoms with Crippen molar-refractivity contribution in [1.82, 2.24) is 15.3 Å². The molecule has 1 amide bonds. The number of carbonyl (C=O) groups excluding carboxylic acids is 1. The molecule has 0 saturated heterocycles. The van der Waals surface area contributed by atoms with Gasteiger partial charge in [-0.1, -0.05) is 55.5 Å². The highest BCUT2D eigenvalue weighted by atomic mass is 16.1. The van der Waals surface area contributed by atoms with Crippen molar-refractivity contribution in [2.24, 2.45) is 0 Å². The number of hydrogen-bond acceptors (Lipinski definition) is 4. The first kappa shape index (κ1) is 18.4. The second-order valence-corrected chi connectivity index (χ2v) is 7.22. The van der Waals surface area contributed by atoms with Gasteiger partial charge in [-0.25, -0.2) is 9.97 Å². The van der Waals surface area contributed by atoms with Gasteiger partial charge in [0.25, 0.3) is 5.91 Å². The Kier molecular flexibility index (Phi) is 6.21. The molecule has 1 aromatic heterocycles. The number of aryl methyl sites for hydroxylation is 2. The van der Waals surface area contributed by atoms with Gasteiger partial charge in [-0.2, -0.15) is 0 Å². The van der Waals surface area contributed by atoms with Crippen LogP contribution in [-0.2, 0) is 6.54 Å². The smallest absolute Gasteiger partial charge is 0.270 e. The molecule has 0 unspecified atom stereocenters. The molecule has 26 heavy (non-hydrogen) atoms. The fourth-order valence-corrected chi connectivity index (χ4v) is 3.45. The molecule has 0 atom stereocenters. The van der Waals surface area contributed by atoms with Gasteiger partial charge in [0, 0.05) is 18.3 Å². The zero-order chi connectivity index (χ0) is 18.4. The second kappa shape index (κ2) is 8.79. The van der Waals surface area contributed by atoms with Crippen molar-refractivity contribution in [3.63, 3.8) is 0 Å². The normalized spacial score (nSPS) is 15.3. The van der Waals surface area contributed by atoms with E-state index in [-0.39, 0.29) is 11.9 Å². The summed E-state index contributed by atoms with van der Waals surface area (Å²) in [5.74, 6) is 0.401. The Hall–Kier alpha value is -2.43. The molecule has 1 saturated carbocycles. The standard InChI is InChI=1S/C21H28N4O/c1-15-8-7-9-17(12-15)14-22-21-23-16(2)13-19(25-21)20(26)24-18-10-5-3-4-6-11-18/h7-9,12-13,18H,3-6,10-11,14H2,1-2H3,(H,24,26)(H,22,23,25). The Balaban J connectivity index is 1.65. The predicted molar refractivity (Wildman–Crippen MR) is 104 cm³/mol. The number of anilines is 1. The summed E-state index contributed by atoms with van der Waals surface area (Å²) in [6, 6.07) is 10.3. The van der Waals surface area contributed by atoms with Crippen LogP contribution in [0.3, 0.4) is 0 Å². The summed E-state index contributed by atoms with van der Waals surface area (Å²) in [5, 5.41) is 6.39. The maximum absolute atomic E-state index is 12.6. The van der Waals surface area contributed by atoms with E-state index in [4.69, 9.17) is 0 Å². The summed E-state index contributed by atoms with van der Waals surface area (Å²) < 4.78 is 0. The van der Waals surface area contributed by atoms with Crippen LogP contribution >= 0.6 is 0 Å².